The molecule has 1 aliphatic rings. The Kier molecular flexibility index (Phi) is 3.75. The van der Waals surface area contributed by atoms with Gasteiger partial charge < -0.3 is 15.2 Å². The summed E-state index contributed by atoms with van der Waals surface area (Å²) in [6.07, 6.45) is 1.69. The molecule has 0 radical (unpaired) electrons. The molecule has 1 fully saturated rings. The third-order valence-electron chi connectivity index (χ3n) is 3.30. The topological polar surface area (TPSA) is 71.5 Å². The van der Waals surface area contributed by atoms with Crippen LogP contribution >= 0.6 is 0 Å². The fraction of sp³-hybridized carbons (Fsp3) is 0.571. The Balaban J connectivity index is 2.18. The number of carboxylic acids is 1. The van der Waals surface area contributed by atoms with Crippen LogP contribution in [0.25, 0.3) is 0 Å². The Bertz CT molecular complexity index is 486. The Morgan fingerprint density at radius 2 is 2.26 bits per heavy atom. The highest BCUT2D eigenvalue weighted by Crippen LogP contribution is 2.27. The van der Waals surface area contributed by atoms with Crippen LogP contribution in [0.5, 0.6) is 0 Å². The number of pyridine rings is 1. The number of hydrogen-bond acceptors (Lipinski definition) is 4. The number of aryl methyl sites for hydroxylation is 1. The summed E-state index contributed by atoms with van der Waals surface area (Å²) in [4.78, 5) is 15.5. The molecule has 19 heavy (non-hydrogen) atoms. The average molecular weight is 264 g/mol. The van der Waals surface area contributed by atoms with E-state index in [2.05, 4.69) is 10.3 Å². The van der Waals surface area contributed by atoms with E-state index >= 15 is 0 Å². The number of aromatic nitrogens is 1. The lowest BCUT2D eigenvalue weighted by molar-refractivity contribution is -0.0553. The number of aromatic carboxylic acids is 1. The molecule has 2 rings (SSSR count). The van der Waals surface area contributed by atoms with Gasteiger partial charge in [-0.1, -0.05) is 0 Å². The van der Waals surface area contributed by atoms with Crippen molar-refractivity contribution in [1.29, 1.82) is 0 Å². The highest BCUT2D eigenvalue weighted by Gasteiger charge is 2.29. The fourth-order valence-electron chi connectivity index (χ4n) is 2.39. The van der Waals surface area contributed by atoms with Gasteiger partial charge in [-0.05, 0) is 45.7 Å². The number of carboxylic acid groups (broad SMARTS) is 1. The number of nitrogens with zero attached hydrogens (tertiary/aromatic N) is 1. The normalized spacial score (nSPS) is 21.9. The third kappa shape index (κ3) is 3.44. The molecule has 0 spiro atoms. The van der Waals surface area contributed by atoms with Gasteiger partial charge in [-0.2, -0.15) is 0 Å². The van der Waals surface area contributed by atoms with Gasteiger partial charge in [0.25, 0.3) is 0 Å². The van der Waals surface area contributed by atoms with E-state index in [0.29, 0.717) is 12.4 Å². The van der Waals surface area contributed by atoms with Gasteiger partial charge in [-0.15, -0.1) is 0 Å². The van der Waals surface area contributed by atoms with Gasteiger partial charge in [-0.3, -0.25) is 0 Å². The first kappa shape index (κ1) is 13.8. The van der Waals surface area contributed by atoms with Gasteiger partial charge in [0, 0.05) is 18.3 Å². The van der Waals surface area contributed by atoms with E-state index in [4.69, 9.17) is 4.74 Å². The highest BCUT2D eigenvalue weighted by atomic mass is 16.5. The monoisotopic (exact) mass is 264 g/mol. The van der Waals surface area contributed by atoms with Crippen LogP contribution in [0, 0.1) is 6.92 Å². The SMILES string of the molecule is Cc1ccc(C(=O)O)c(NC2CCOC(C)(C)C2)n1. The summed E-state index contributed by atoms with van der Waals surface area (Å²) < 4.78 is 5.66. The van der Waals surface area contributed by atoms with Gasteiger partial charge >= 0.3 is 5.97 Å². The molecule has 0 amide bonds. The molecule has 1 unspecified atom stereocenters. The van der Waals surface area contributed by atoms with Crippen LogP contribution in [-0.4, -0.2) is 34.3 Å². The first-order chi connectivity index (χ1) is 8.87. The summed E-state index contributed by atoms with van der Waals surface area (Å²) in [5.74, 6) is -0.503. The Morgan fingerprint density at radius 3 is 2.89 bits per heavy atom. The second kappa shape index (κ2) is 5.17. The zero-order valence-corrected chi connectivity index (χ0v) is 11.6. The minimum atomic E-state index is -0.957. The van der Waals surface area contributed by atoms with Crippen molar-refractivity contribution < 1.29 is 14.6 Å². The van der Waals surface area contributed by atoms with Gasteiger partial charge in [0.05, 0.1) is 5.60 Å². The molecule has 1 aliphatic heterocycles. The molecule has 2 N–H and O–H groups in total. The molecule has 1 atom stereocenters. The minimum Gasteiger partial charge on any atom is -0.478 e. The number of hydrogen-bond donors (Lipinski definition) is 2. The summed E-state index contributed by atoms with van der Waals surface area (Å²) in [6, 6.07) is 3.50. The number of nitrogens with one attached hydrogen (secondary N) is 1. The molecule has 1 saturated heterocycles. The molecule has 5 nitrogen and oxygen atoms in total. The van der Waals surface area contributed by atoms with Crippen LogP contribution in [0.3, 0.4) is 0 Å². The van der Waals surface area contributed by atoms with Crippen LogP contribution in [0.2, 0.25) is 0 Å². The van der Waals surface area contributed by atoms with Gasteiger partial charge in [0.1, 0.15) is 11.4 Å². The van der Waals surface area contributed by atoms with Crippen LogP contribution in [0.15, 0.2) is 12.1 Å². The zero-order chi connectivity index (χ0) is 14.0. The largest absolute Gasteiger partial charge is 0.478 e. The van der Waals surface area contributed by atoms with E-state index in [9.17, 15) is 9.90 Å². The maximum absolute atomic E-state index is 11.2. The lowest BCUT2D eigenvalue weighted by atomic mass is 9.94. The van der Waals surface area contributed by atoms with Crippen LogP contribution in [-0.2, 0) is 4.74 Å². The summed E-state index contributed by atoms with van der Waals surface area (Å²) in [7, 11) is 0. The van der Waals surface area contributed by atoms with E-state index in [-0.39, 0.29) is 17.2 Å². The summed E-state index contributed by atoms with van der Waals surface area (Å²) in [5, 5.41) is 12.4. The van der Waals surface area contributed by atoms with E-state index in [0.717, 1.165) is 18.5 Å². The van der Waals surface area contributed by atoms with Gasteiger partial charge in [-0.25, -0.2) is 9.78 Å². The van der Waals surface area contributed by atoms with E-state index in [1.807, 2.05) is 20.8 Å². The highest BCUT2D eigenvalue weighted by molar-refractivity contribution is 5.93. The Morgan fingerprint density at radius 1 is 1.53 bits per heavy atom. The van der Waals surface area contributed by atoms with Crippen molar-refractivity contribution in [2.75, 3.05) is 11.9 Å². The molecule has 5 heteroatoms. The first-order valence-electron chi connectivity index (χ1n) is 6.49. The van der Waals surface area contributed by atoms with E-state index in [1.165, 1.54) is 0 Å². The quantitative estimate of drug-likeness (QED) is 0.877. The van der Waals surface area contributed by atoms with Crippen molar-refractivity contribution in [3.8, 4) is 0 Å². The predicted molar refractivity (Wildman–Crippen MR) is 72.6 cm³/mol. The molecule has 0 aromatic carbocycles. The summed E-state index contributed by atoms with van der Waals surface area (Å²) >= 11 is 0. The smallest absolute Gasteiger partial charge is 0.339 e. The van der Waals surface area contributed by atoms with Crippen molar-refractivity contribution >= 4 is 11.8 Å². The molecular weight excluding hydrogens is 244 g/mol. The summed E-state index contributed by atoms with van der Waals surface area (Å²) in [6.45, 7) is 6.62. The van der Waals surface area contributed by atoms with Crippen molar-refractivity contribution in [2.24, 2.45) is 0 Å². The molecule has 1 aromatic heterocycles. The number of carbonyl (C=O) groups is 1. The predicted octanol–water partition coefficient (Wildman–Crippen LogP) is 2.46. The second-order valence-electron chi connectivity index (χ2n) is 5.60. The van der Waals surface area contributed by atoms with Crippen molar-refractivity contribution in [2.45, 2.75) is 45.3 Å². The van der Waals surface area contributed by atoms with Crippen LogP contribution in [0.1, 0.15) is 42.7 Å². The maximum Gasteiger partial charge on any atom is 0.339 e. The molecule has 2 heterocycles. The Hall–Kier alpha value is -1.62. The average Bonchev–Trinajstić information content (AvgIpc) is 2.27. The van der Waals surface area contributed by atoms with Crippen molar-refractivity contribution in [3.63, 3.8) is 0 Å². The molecule has 104 valence electrons. The fourth-order valence-corrected chi connectivity index (χ4v) is 2.39. The lowest BCUT2D eigenvalue weighted by Gasteiger charge is -2.36. The van der Waals surface area contributed by atoms with Gasteiger partial charge in [0.15, 0.2) is 0 Å². The van der Waals surface area contributed by atoms with E-state index in [1.54, 1.807) is 12.1 Å². The third-order valence-corrected chi connectivity index (χ3v) is 3.30. The second-order valence-corrected chi connectivity index (χ2v) is 5.60. The Labute approximate surface area is 113 Å². The summed E-state index contributed by atoms with van der Waals surface area (Å²) in [5.41, 5.74) is 0.845. The van der Waals surface area contributed by atoms with Crippen molar-refractivity contribution in [3.05, 3.63) is 23.4 Å². The van der Waals surface area contributed by atoms with Crippen molar-refractivity contribution in [1.82, 2.24) is 4.98 Å². The van der Waals surface area contributed by atoms with Gasteiger partial charge in [0.2, 0.25) is 0 Å². The number of rotatable bonds is 3. The standard InChI is InChI=1S/C14H20N2O3/c1-9-4-5-11(13(17)18)12(15-9)16-10-6-7-19-14(2,3)8-10/h4-5,10H,6-8H2,1-3H3,(H,15,16)(H,17,18). The zero-order valence-electron chi connectivity index (χ0n) is 11.6. The first-order valence-corrected chi connectivity index (χ1v) is 6.49. The molecule has 0 saturated carbocycles. The number of anilines is 1. The maximum atomic E-state index is 11.2. The molecule has 0 aliphatic carbocycles. The minimum absolute atomic E-state index is 0.177. The molecular formula is C14H20N2O3. The van der Waals surface area contributed by atoms with E-state index < -0.39 is 5.97 Å². The molecule has 0 bridgehead atoms. The van der Waals surface area contributed by atoms with Crippen LogP contribution < -0.4 is 5.32 Å². The lowest BCUT2D eigenvalue weighted by Crippen LogP contribution is -2.40. The number of ether oxygens (including phenoxy) is 1. The van der Waals surface area contributed by atoms with Crippen LogP contribution in [0.4, 0.5) is 5.82 Å². The molecule has 1 aromatic rings.